The summed E-state index contributed by atoms with van der Waals surface area (Å²) >= 11 is 0. The lowest BCUT2D eigenvalue weighted by Gasteiger charge is -2.16. The first-order valence-corrected chi connectivity index (χ1v) is 10.3. The molecule has 0 bridgehead atoms. The summed E-state index contributed by atoms with van der Waals surface area (Å²) in [5.41, 5.74) is 2.48. The number of amides is 3. The zero-order valence-corrected chi connectivity index (χ0v) is 17.6. The van der Waals surface area contributed by atoms with Crippen molar-refractivity contribution in [2.24, 2.45) is 5.92 Å². The lowest BCUT2D eigenvalue weighted by atomic mass is 10.1. The number of para-hydroxylation sites is 1. The van der Waals surface area contributed by atoms with Gasteiger partial charge < -0.3 is 20.3 Å². The molecule has 1 heterocycles. The molecule has 1 aliphatic heterocycles. The Hall–Kier alpha value is -4.13. The van der Waals surface area contributed by atoms with Gasteiger partial charge in [0.25, 0.3) is 5.91 Å². The van der Waals surface area contributed by atoms with Gasteiger partial charge in [-0.05, 0) is 60.7 Å². The standard InChI is InChI=1S/C25H23N3O4/c1-32-22-13-11-20(12-14-22)26-24(30)17-7-9-19(10-8-17)27-25(31)18-15-23(29)28(16-18)21-5-3-2-4-6-21/h2-14,18H,15-16H2,1H3,(H,26,30)(H,27,31). The minimum absolute atomic E-state index is 0.0677. The fourth-order valence-corrected chi connectivity index (χ4v) is 3.57. The largest absolute Gasteiger partial charge is 0.497 e. The number of rotatable bonds is 6. The highest BCUT2D eigenvalue weighted by Crippen LogP contribution is 2.26. The van der Waals surface area contributed by atoms with Gasteiger partial charge in [0.05, 0.1) is 13.0 Å². The van der Waals surface area contributed by atoms with Crippen LogP contribution in [0.1, 0.15) is 16.8 Å². The number of carbonyl (C=O) groups is 3. The topological polar surface area (TPSA) is 87.7 Å². The maximum Gasteiger partial charge on any atom is 0.255 e. The highest BCUT2D eigenvalue weighted by molar-refractivity contribution is 6.05. The molecular formula is C25H23N3O4. The molecule has 1 unspecified atom stereocenters. The molecule has 0 spiro atoms. The lowest BCUT2D eigenvalue weighted by molar-refractivity contribution is -0.122. The fourth-order valence-electron chi connectivity index (χ4n) is 3.57. The molecule has 1 atom stereocenters. The van der Waals surface area contributed by atoms with Gasteiger partial charge in [0.2, 0.25) is 11.8 Å². The molecule has 1 saturated heterocycles. The van der Waals surface area contributed by atoms with E-state index in [1.54, 1.807) is 60.5 Å². The van der Waals surface area contributed by atoms with Crippen LogP contribution in [0.4, 0.5) is 17.1 Å². The summed E-state index contributed by atoms with van der Waals surface area (Å²) in [6.07, 6.45) is 0.170. The van der Waals surface area contributed by atoms with Crippen molar-refractivity contribution in [1.82, 2.24) is 0 Å². The van der Waals surface area contributed by atoms with E-state index in [9.17, 15) is 14.4 Å². The minimum atomic E-state index is -0.430. The third-order valence-electron chi connectivity index (χ3n) is 5.33. The molecule has 3 aromatic carbocycles. The molecule has 3 amide bonds. The third kappa shape index (κ3) is 4.78. The smallest absolute Gasteiger partial charge is 0.255 e. The first-order chi connectivity index (χ1) is 15.5. The Labute approximate surface area is 186 Å². The van der Waals surface area contributed by atoms with Crippen molar-refractivity contribution < 1.29 is 19.1 Å². The van der Waals surface area contributed by atoms with E-state index in [4.69, 9.17) is 4.74 Å². The number of benzene rings is 3. The lowest BCUT2D eigenvalue weighted by Crippen LogP contribution is -2.28. The van der Waals surface area contributed by atoms with E-state index >= 15 is 0 Å². The molecule has 7 nitrogen and oxygen atoms in total. The fraction of sp³-hybridized carbons (Fsp3) is 0.160. The monoisotopic (exact) mass is 429 g/mol. The SMILES string of the molecule is COc1ccc(NC(=O)c2ccc(NC(=O)C3CC(=O)N(c4ccccc4)C3)cc2)cc1. The van der Waals surface area contributed by atoms with Gasteiger partial charge in [-0.15, -0.1) is 0 Å². The van der Waals surface area contributed by atoms with E-state index in [0.29, 0.717) is 29.2 Å². The van der Waals surface area contributed by atoms with Crippen LogP contribution in [0, 0.1) is 5.92 Å². The van der Waals surface area contributed by atoms with Gasteiger partial charge in [0, 0.05) is 35.6 Å². The Bertz CT molecular complexity index is 1110. The van der Waals surface area contributed by atoms with Crippen molar-refractivity contribution in [3.05, 3.63) is 84.4 Å². The molecule has 0 saturated carbocycles. The van der Waals surface area contributed by atoms with Crippen LogP contribution >= 0.6 is 0 Å². The number of carbonyl (C=O) groups excluding carboxylic acids is 3. The zero-order chi connectivity index (χ0) is 22.5. The molecule has 0 radical (unpaired) electrons. The van der Waals surface area contributed by atoms with Crippen LogP contribution in [0.5, 0.6) is 5.75 Å². The minimum Gasteiger partial charge on any atom is -0.497 e. The molecule has 4 rings (SSSR count). The summed E-state index contributed by atoms with van der Waals surface area (Å²) in [6.45, 7) is 0.344. The molecular weight excluding hydrogens is 406 g/mol. The second kappa shape index (κ2) is 9.34. The van der Waals surface area contributed by atoms with Gasteiger partial charge in [-0.3, -0.25) is 14.4 Å². The van der Waals surface area contributed by atoms with E-state index in [-0.39, 0.29) is 24.1 Å². The van der Waals surface area contributed by atoms with Crippen molar-refractivity contribution in [3.63, 3.8) is 0 Å². The van der Waals surface area contributed by atoms with E-state index in [2.05, 4.69) is 10.6 Å². The number of hydrogen-bond donors (Lipinski definition) is 2. The van der Waals surface area contributed by atoms with Gasteiger partial charge >= 0.3 is 0 Å². The van der Waals surface area contributed by atoms with Gasteiger partial charge in [0.15, 0.2) is 0 Å². The molecule has 162 valence electrons. The summed E-state index contributed by atoms with van der Waals surface area (Å²) in [7, 11) is 1.58. The van der Waals surface area contributed by atoms with Crippen molar-refractivity contribution in [2.75, 3.05) is 29.2 Å². The Balaban J connectivity index is 1.34. The van der Waals surface area contributed by atoms with Crippen LogP contribution in [0.25, 0.3) is 0 Å². The second-order valence-electron chi connectivity index (χ2n) is 7.49. The summed E-state index contributed by atoms with van der Waals surface area (Å²) < 4.78 is 5.11. The first kappa shape index (κ1) is 21.1. The summed E-state index contributed by atoms with van der Waals surface area (Å²) in [5.74, 6) is -0.262. The summed E-state index contributed by atoms with van der Waals surface area (Å²) in [4.78, 5) is 39.1. The Kier molecular flexibility index (Phi) is 6.17. The molecule has 0 aromatic heterocycles. The average molecular weight is 429 g/mol. The van der Waals surface area contributed by atoms with Crippen molar-refractivity contribution in [2.45, 2.75) is 6.42 Å². The number of hydrogen-bond acceptors (Lipinski definition) is 4. The molecule has 3 aromatic rings. The van der Waals surface area contributed by atoms with Gasteiger partial charge in [-0.1, -0.05) is 18.2 Å². The summed E-state index contributed by atoms with van der Waals surface area (Å²) in [6, 6.07) is 23.0. The first-order valence-electron chi connectivity index (χ1n) is 10.3. The second-order valence-corrected chi connectivity index (χ2v) is 7.49. The van der Waals surface area contributed by atoms with E-state index in [1.165, 1.54) is 0 Å². The average Bonchev–Trinajstić information content (AvgIpc) is 3.22. The van der Waals surface area contributed by atoms with Crippen LogP contribution in [0.15, 0.2) is 78.9 Å². The number of methoxy groups -OCH3 is 1. The van der Waals surface area contributed by atoms with Gasteiger partial charge in [0.1, 0.15) is 5.75 Å². The summed E-state index contributed by atoms with van der Waals surface area (Å²) in [5, 5.41) is 5.66. The normalized spacial score (nSPS) is 15.3. The predicted molar refractivity (Wildman–Crippen MR) is 123 cm³/mol. The number of anilines is 3. The highest BCUT2D eigenvalue weighted by Gasteiger charge is 2.35. The van der Waals surface area contributed by atoms with Gasteiger partial charge in [-0.25, -0.2) is 0 Å². The van der Waals surface area contributed by atoms with Crippen LogP contribution in [-0.2, 0) is 9.59 Å². The van der Waals surface area contributed by atoms with E-state index < -0.39 is 5.92 Å². The quantitative estimate of drug-likeness (QED) is 0.621. The molecule has 7 heteroatoms. The van der Waals surface area contributed by atoms with Gasteiger partial charge in [-0.2, -0.15) is 0 Å². The maximum atomic E-state index is 12.7. The molecule has 32 heavy (non-hydrogen) atoms. The van der Waals surface area contributed by atoms with Crippen molar-refractivity contribution in [3.8, 4) is 5.75 Å². The van der Waals surface area contributed by atoms with E-state index in [1.807, 2.05) is 30.3 Å². The third-order valence-corrected chi connectivity index (χ3v) is 5.33. The van der Waals surface area contributed by atoms with Crippen molar-refractivity contribution >= 4 is 34.8 Å². The van der Waals surface area contributed by atoms with Crippen LogP contribution in [0.2, 0.25) is 0 Å². The van der Waals surface area contributed by atoms with Crippen LogP contribution < -0.4 is 20.3 Å². The number of ether oxygens (including phenoxy) is 1. The molecule has 1 fully saturated rings. The zero-order valence-electron chi connectivity index (χ0n) is 17.6. The van der Waals surface area contributed by atoms with Crippen LogP contribution in [0.3, 0.4) is 0 Å². The van der Waals surface area contributed by atoms with Crippen LogP contribution in [-0.4, -0.2) is 31.4 Å². The van der Waals surface area contributed by atoms with E-state index in [0.717, 1.165) is 5.69 Å². The Morgan fingerprint density at radius 3 is 2.16 bits per heavy atom. The maximum absolute atomic E-state index is 12.7. The highest BCUT2D eigenvalue weighted by atomic mass is 16.5. The Morgan fingerprint density at radius 1 is 0.875 bits per heavy atom. The Morgan fingerprint density at radius 2 is 1.50 bits per heavy atom. The van der Waals surface area contributed by atoms with Crippen molar-refractivity contribution in [1.29, 1.82) is 0 Å². The molecule has 1 aliphatic rings. The molecule has 0 aliphatic carbocycles. The number of nitrogens with zero attached hydrogens (tertiary/aromatic N) is 1. The number of nitrogens with one attached hydrogen (secondary N) is 2. The predicted octanol–water partition coefficient (Wildman–Crippen LogP) is 3.94. The molecule has 2 N–H and O–H groups in total.